The zero-order valence-electron chi connectivity index (χ0n) is 5.90. The Morgan fingerprint density at radius 1 is 0.889 bits per heavy atom. The fraction of sp³-hybridized carbons (Fsp3) is 1.00. The molecule has 2 aliphatic rings. The summed E-state index contributed by atoms with van der Waals surface area (Å²) in [5, 5.41) is 3.51. The molecular formula is C8H15N. The fourth-order valence-electron chi connectivity index (χ4n) is 1.14. The molecule has 1 heteroatoms. The molecule has 0 aromatic heterocycles. The second-order valence-corrected chi connectivity index (χ2v) is 3.54. The molecule has 2 rings (SSSR count). The van der Waals surface area contributed by atoms with Gasteiger partial charge in [0.15, 0.2) is 0 Å². The predicted molar refractivity (Wildman–Crippen MR) is 38.3 cm³/mol. The molecule has 0 spiro atoms. The first kappa shape index (κ1) is 5.72. The number of nitrogens with one attached hydrogen (secondary N) is 1. The Hall–Kier alpha value is -0.0400. The van der Waals surface area contributed by atoms with Crippen molar-refractivity contribution in [2.24, 2.45) is 11.8 Å². The second kappa shape index (κ2) is 2.30. The van der Waals surface area contributed by atoms with Gasteiger partial charge in [0.1, 0.15) is 0 Å². The maximum Gasteiger partial charge on any atom is -0.00204 e. The van der Waals surface area contributed by atoms with Gasteiger partial charge in [0, 0.05) is 0 Å². The Bertz CT molecular complexity index is 80.7. The van der Waals surface area contributed by atoms with E-state index in [-0.39, 0.29) is 0 Å². The van der Waals surface area contributed by atoms with E-state index in [1.807, 2.05) is 0 Å². The number of rotatable bonds is 4. The molecule has 0 heterocycles. The Kier molecular flexibility index (Phi) is 1.46. The smallest absolute Gasteiger partial charge is 0.00204 e. The molecular weight excluding hydrogens is 110 g/mol. The summed E-state index contributed by atoms with van der Waals surface area (Å²) >= 11 is 0. The molecule has 1 N–H and O–H groups in total. The normalized spacial score (nSPS) is 26.7. The van der Waals surface area contributed by atoms with Crippen molar-refractivity contribution >= 4 is 0 Å². The van der Waals surface area contributed by atoms with E-state index in [9.17, 15) is 0 Å². The van der Waals surface area contributed by atoms with Crippen molar-refractivity contribution in [2.75, 3.05) is 13.1 Å². The van der Waals surface area contributed by atoms with Crippen molar-refractivity contribution in [3.63, 3.8) is 0 Å². The first-order chi connectivity index (χ1) is 4.45. The SMILES string of the molecule is C1CC1CNCC1CC1. The van der Waals surface area contributed by atoms with Crippen LogP contribution in [0.4, 0.5) is 0 Å². The van der Waals surface area contributed by atoms with E-state index >= 15 is 0 Å². The van der Waals surface area contributed by atoms with Crippen molar-refractivity contribution in [2.45, 2.75) is 25.7 Å². The fourth-order valence-corrected chi connectivity index (χ4v) is 1.14. The van der Waals surface area contributed by atoms with Crippen LogP contribution in [0.2, 0.25) is 0 Å². The lowest BCUT2D eigenvalue weighted by Crippen LogP contribution is -2.19. The van der Waals surface area contributed by atoms with Crippen LogP contribution in [0.15, 0.2) is 0 Å². The zero-order valence-corrected chi connectivity index (χ0v) is 5.90. The molecule has 2 saturated carbocycles. The highest BCUT2D eigenvalue weighted by molar-refractivity contribution is 4.79. The first-order valence-corrected chi connectivity index (χ1v) is 4.16. The van der Waals surface area contributed by atoms with E-state index in [0.717, 1.165) is 11.8 Å². The maximum atomic E-state index is 3.51. The van der Waals surface area contributed by atoms with E-state index < -0.39 is 0 Å². The molecule has 52 valence electrons. The van der Waals surface area contributed by atoms with Crippen molar-refractivity contribution in [1.82, 2.24) is 5.32 Å². The molecule has 2 aliphatic carbocycles. The average Bonchev–Trinajstić information content (AvgIpc) is 2.57. The van der Waals surface area contributed by atoms with Crippen LogP contribution in [0.1, 0.15) is 25.7 Å². The molecule has 9 heavy (non-hydrogen) atoms. The van der Waals surface area contributed by atoms with Crippen LogP contribution in [0.25, 0.3) is 0 Å². The van der Waals surface area contributed by atoms with Crippen LogP contribution in [-0.4, -0.2) is 13.1 Å². The molecule has 0 bridgehead atoms. The van der Waals surface area contributed by atoms with Gasteiger partial charge < -0.3 is 5.32 Å². The van der Waals surface area contributed by atoms with Crippen LogP contribution in [0, 0.1) is 11.8 Å². The lowest BCUT2D eigenvalue weighted by atomic mass is 10.4. The topological polar surface area (TPSA) is 12.0 Å². The third kappa shape index (κ3) is 1.98. The second-order valence-electron chi connectivity index (χ2n) is 3.54. The van der Waals surface area contributed by atoms with Gasteiger partial charge in [-0.1, -0.05) is 0 Å². The number of hydrogen-bond acceptors (Lipinski definition) is 1. The van der Waals surface area contributed by atoms with Crippen LogP contribution in [-0.2, 0) is 0 Å². The highest BCUT2D eigenvalue weighted by atomic mass is 14.9. The Morgan fingerprint density at radius 2 is 1.33 bits per heavy atom. The predicted octanol–water partition coefficient (Wildman–Crippen LogP) is 1.40. The van der Waals surface area contributed by atoms with Crippen molar-refractivity contribution in [3.05, 3.63) is 0 Å². The van der Waals surface area contributed by atoms with Gasteiger partial charge in [-0.05, 0) is 50.6 Å². The van der Waals surface area contributed by atoms with Crippen molar-refractivity contribution < 1.29 is 0 Å². The molecule has 1 nitrogen and oxygen atoms in total. The van der Waals surface area contributed by atoms with E-state index in [0.29, 0.717) is 0 Å². The summed E-state index contributed by atoms with van der Waals surface area (Å²) in [6.45, 7) is 2.60. The molecule has 0 unspecified atom stereocenters. The largest absolute Gasteiger partial charge is 0.316 e. The lowest BCUT2D eigenvalue weighted by molar-refractivity contribution is 0.604. The minimum Gasteiger partial charge on any atom is -0.316 e. The van der Waals surface area contributed by atoms with E-state index in [1.165, 1.54) is 38.8 Å². The monoisotopic (exact) mass is 125 g/mol. The minimum atomic E-state index is 1.06. The lowest BCUT2D eigenvalue weighted by Gasteiger charge is -1.98. The van der Waals surface area contributed by atoms with E-state index in [2.05, 4.69) is 5.32 Å². The van der Waals surface area contributed by atoms with Gasteiger partial charge in [-0.15, -0.1) is 0 Å². The quantitative estimate of drug-likeness (QED) is 0.598. The molecule has 0 radical (unpaired) electrons. The molecule has 0 atom stereocenters. The van der Waals surface area contributed by atoms with Gasteiger partial charge >= 0.3 is 0 Å². The summed E-state index contributed by atoms with van der Waals surface area (Å²) in [5.74, 6) is 2.12. The van der Waals surface area contributed by atoms with Gasteiger partial charge in [-0.3, -0.25) is 0 Å². The third-order valence-electron chi connectivity index (χ3n) is 2.26. The van der Waals surface area contributed by atoms with Crippen LogP contribution in [0.3, 0.4) is 0 Å². The maximum absolute atomic E-state index is 3.51. The molecule has 0 amide bonds. The van der Waals surface area contributed by atoms with Gasteiger partial charge in [0.25, 0.3) is 0 Å². The summed E-state index contributed by atoms with van der Waals surface area (Å²) < 4.78 is 0. The molecule has 2 fully saturated rings. The molecule has 0 aromatic rings. The third-order valence-corrected chi connectivity index (χ3v) is 2.26. The Balaban J connectivity index is 1.46. The standard InChI is InChI=1S/C8H15N/c1-2-7(1)5-9-6-8-3-4-8/h7-9H,1-6H2. The summed E-state index contributed by atoms with van der Waals surface area (Å²) in [7, 11) is 0. The van der Waals surface area contributed by atoms with Gasteiger partial charge in [0.05, 0.1) is 0 Å². The molecule has 0 saturated heterocycles. The van der Waals surface area contributed by atoms with E-state index in [1.54, 1.807) is 0 Å². The molecule has 0 aliphatic heterocycles. The Morgan fingerprint density at radius 3 is 1.67 bits per heavy atom. The van der Waals surface area contributed by atoms with Gasteiger partial charge in [0.2, 0.25) is 0 Å². The van der Waals surface area contributed by atoms with Crippen LogP contribution in [0.5, 0.6) is 0 Å². The van der Waals surface area contributed by atoms with Gasteiger partial charge in [-0.2, -0.15) is 0 Å². The van der Waals surface area contributed by atoms with Crippen LogP contribution >= 0.6 is 0 Å². The van der Waals surface area contributed by atoms with Gasteiger partial charge in [-0.25, -0.2) is 0 Å². The highest BCUT2D eigenvalue weighted by Crippen LogP contribution is 2.30. The summed E-state index contributed by atoms with van der Waals surface area (Å²) in [6, 6.07) is 0. The van der Waals surface area contributed by atoms with Crippen molar-refractivity contribution in [1.29, 1.82) is 0 Å². The Labute approximate surface area is 56.8 Å². The summed E-state index contributed by atoms with van der Waals surface area (Å²) in [5.41, 5.74) is 0. The highest BCUT2D eigenvalue weighted by Gasteiger charge is 2.23. The summed E-state index contributed by atoms with van der Waals surface area (Å²) in [6.07, 6.45) is 5.94. The average molecular weight is 125 g/mol. The van der Waals surface area contributed by atoms with Crippen LogP contribution < -0.4 is 5.32 Å². The van der Waals surface area contributed by atoms with Crippen molar-refractivity contribution in [3.8, 4) is 0 Å². The molecule has 0 aromatic carbocycles. The summed E-state index contributed by atoms with van der Waals surface area (Å²) in [4.78, 5) is 0. The first-order valence-electron chi connectivity index (χ1n) is 4.16. The zero-order chi connectivity index (χ0) is 6.10. The minimum absolute atomic E-state index is 1.06. The van der Waals surface area contributed by atoms with E-state index in [4.69, 9.17) is 0 Å². The number of hydrogen-bond donors (Lipinski definition) is 1.